The predicted octanol–water partition coefficient (Wildman–Crippen LogP) is 5.02. The van der Waals surface area contributed by atoms with Gasteiger partial charge in [0.1, 0.15) is 5.75 Å². The zero-order valence-electron chi connectivity index (χ0n) is 15.9. The monoisotopic (exact) mass is 360 g/mol. The molecule has 0 heterocycles. The molecular weight excluding hydrogens is 336 g/mol. The van der Waals surface area contributed by atoms with Gasteiger partial charge in [0.15, 0.2) is 0 Å². The molecule has 2 N–H and O–H groups in total. The molecule has 0 fully saturated rings. The molecule has 1 amide bonds. The van der Waals surface area contributed by atoms with Gasteiger partial charge in [-0.1, -0.05) is 68.4 Å². The van der Waals surface area contributed by atoms with Crippen molar-refractivity contribution >= 4 is 22.4 Å². The third-order valence-electron chi connectivity index (χ3n) is 4.71. The molecule has 0 bridgehead atoms. The average Bonchev–Trinajstić information content (AvgIpc) is 2.66. The van der Waals surface area contributed by atoms with Gasteiger partial charge in [0.05, 0.1) is 5.56 Å². The smallest absolute Gasteiger partial charge is 0.275 e. The number of hydrogen-bond donors (Lipinski definition) is 2. The minimum atomic E-state index is -0.421. The van der Waals surface area contributed by atoms with E-state index in [0.29, 0.717) is 6.42 Å². The Bertz CT molecular complexity index is 992. The van der Waals surface area contributed by atoms with Crippen LogP contribution in [-0.4, -0.2) is 16.7 Å². The second kappa shape index (κ2) is 7.62. The summed E-state index contributed by atoms with van der Waals surface area (Å²) in [6.45, 7) is 6.20. The summed E-state index contributed by atoms with van der Waals surface area (Å²) in [6, 6.07) is 21.1. The molecule has 0 aliphatic heterocycles. The van der Waals surface area contributed by atoms with Gasteiger partial charge < -0.3 is 5.11 Å². The minimum Gasteiger partial charge on any atom is -0.507 e. The molecule has 0 spiro atoms. The lowest BCUT2D eigenvalue weighted by Gasteiger charge is -2.25. The van der Waals surface area contributed by atoms with Crippen molar-refractivity contribution in [2.75, 3.05) is 0 Å². The lowest BCUT2D eigenvalue weighted by Crippen LogP contribution is -2.24. The van der Waals surface area contributed by atoms with Crippen LogP contribution in [0.15, 0.2) is 71.8 Å². The number of fused-ring (bicyclic) bond motifs is 1. The van der Waals surface area contributed by atoms with E-state index in [1.165, 1.54) is 5.56 Å². The van der Waals surface area contributed by atoms with Crippen LogP contribution in [0.3, 0.4) is 0 Å². The van der Waals surface area contributed by atoms with Gasteiger partial charge in [0.25, 0.3) is 5.91 Å². The summed E-state index contributed by atoms with van der Waals surface area (Å²) in [5.74, 6) is -0.473. The Kier molecular flexibility index (Phi) is 5.26. The molecule has 3 aromatic rings. The highest BCUT2D eigenvalue weighted by atomic mass is 16.3. The number of nitrogens with one attached hydrogen (secondary N) is 1. The summed E-state index contributed by atoms with van der Waals surface area (Å²) >= 11 is 0. The van der Waals surface area contributed by atoms with E-state index in [-0.39, 0.29) is 16.7 Å². The first-order valence-electron chi connectivity index (χ1n) is 8.97. The van der Waals surface area contributed by atoms with Crippen molar-refractivity contribution < 1.29 is 9.90 Å². The van der Waals surface area contributed by atoms with Crippen LogP contribution in [0.1, 0.15) is 43.1 Å². The first-order valence-corrected chi connectivity index (χ1v) is 8.97. The van der Waals surface area contributed by atoms with Crippen LogP contribution in [0.4, 0.5) is 0 Å². The Morgan fingerprint density at radius 3 is 2.26 bits per heavy atom. The molecule has 0 atom stereocenters. The van der Waals surface area contributed by atoms with Crippen LogP contribution < -0.4 is 5.43 Å². The van der Waals surface area contributed by atoms with Gasteiger partial charge in [-0.15, -0.1) is 0 Å². The highest BCUT2D eigenvalue weighted by Gasteiger charge is 2.21. The van der Waals surface area contributed by atoms with Crippen molar-refractivity contribution in [1.82, 2.24) is 5.43 Å². The van der Waals surface area contributed by atoms with E-state index in [1.807, 2.05) is 49.4 Å². The maximum atomic E-state index is 12.5. The fourth-order valence-corrected chi connectivity index (χ4v) is 3.29. The van der Waals surface area contributed by atoms with Crippen molar-refractivity contribution in [3.05, 3.63) is 77.9 Å². The molecule has 4 nitrogen and oxygen atoms in total. The molecule has 138 valence electrons. The molecule has 0 aliphatic rings. The number of carbonyl (C=O) groups excluding carboxylic acids is 1. The number of amides is 1. The lowest BCUT2D eigenvalue weighted by molar-refractivity contribution is 0.0952. The number of phenolic OH excluding ortho intramolecular Hbond substituents is 1. The average molecular weight is 360 g/mol. The molecule has 3 rings (SSSR count). The highest BCUT2D eigenvalue weighted by Crippen LogP contribution is 2.27. The van der Waals surface area contributed by atoms with E-state index in [4.69, 9.17) is 0 Å². The standard InChI is InChI=1S/C23H24N2O2/c1-16(15-23(2,3)19-11-5-4-6-12-19)24-25-22(27)20-13-17-9-7-8-10-18(17)14-21(20)26/h4-14,26H,15H2,1-3H3,(H,25,27)/b24-16-. The Hall–Kier alpha value is -3.14. The Balaban J connectivity index is 1.73. The molecule has 3 aromatic carbocycles. The summed E-state index contributed by atoms with van der Waals surface area (Å²) in [7, 11) is 0. The van der Waals surface area contributed by atoms with Crippen molar-refractivity contribution in [2.45, 2.75) is 32.6 Å². The first-order chi connectivity index (χ1) is 12.9. The number of nitrogens with zero attached hydrogens (tertiary/aromatic N) is 1. The summed E-state index contributed by atoms with van der Waals surface area (Å²) in [5.41, 5.74) is 4.73. The second-order valence-corrected chi connectivity index (χ2v) is 7.43. The van der Waals surface area contributed by atoms with Crippen molar-refractivity contribution in [3.8, 4) is 5.75 Å². The maximum absolute atomic E-state index is 12.5. The van der Waals surface area contributed by atoms with Gasteiger partial charge in [-0.05, 0) is 47.2 Å². The summed E-state index contributed by atoms with van der Waals surface area (Å²) in [5, 5.41) is 16.2. The Morgan fingerprint density at radius 1 is 1.00 bits per heavy atom. The third kappa shape index (κ3) is 4.34. The molecule has 0 saturated heterocycles. The number of hydrogen-bond acceptors (Lipinski definition) is 3. The second-order valence-electron chi connectivity index (χ2n) is 7.43. The van der Waals surface area contributed by atoms with E-state index in [2.05, 4.69) is 36.5 Å². The first kappa shape index (κ1) is 18.6. The van der Waals surface area contributed by atoms with Gasteiger partial charge in [0.2, 0.25) is 0 Å². The van der Waals surface area contributed by atoms with Crippen LogP contribution in [0.2, 0.25) is 0 Å². The highest BCUT2D eigenvalue weighted by molar-refractivity contribution is 6.01. The van der Waals surface area contributed by atoms with Gasteiger partial charge >= 0.3 is 0 Å². The van der Waals surface area contributed by atoms with Crippen LogP contribution >= 0.6 is 0 Å². The van der Waals surface area contributed by atoms with Crippen LogP contribution in [-0.2, 0) is 5.41 Å². The lowest BCUT2D eigenvalue weighted by atomic mass is 9.80. The topological polar surface area (TPSA) is 61.7 Å². The fourth-order valence-electron chi connectivity index (χ4n) is 3.29. The number of phenols is 1. The maximum Gasteiger partial charge on any atom is 0.275 e. The molecule has 0 aromatic heterocycles. The summed E-state index contributed by atoms with van der Waals surface area (Å²) in [6.07, 6.45) is 0.709. The largest absolute Gasteiger partial charge is 0.507 e. The van der Waals surface area contributed by atoms with E-state index in [0.717, 1.165) is 16.5 Å². The number of aromatic hydroxyl groups is 1. The molecular formula is C23H24N2O2. The number of carbonyl (C=O) groups is 1. The molecule has 0 unspecified atom stereocenters. The number of rotatable bonds is 5. The molecule has 0 aliphatic carbocycles. The van der Waals surface area contributed by atoms with E-state index in [1.54, 1.807) is 12.1 Å². The predicted molar refractivity (Wildman–Crippen MR) is 110 cm³/mol. The van der Waals surface area contributed by atoms with E-state index in [9.17, 15) is 9.90 Å². The minimum absolute atomic E-state index is 0.0522. The molecule has 0 saturated carbocycles. The van der Waals surface area contributed by atoms with Crippen molar-refractivity contribution in [1.29, 1.82) is 0 Å². The van der Waals surface area contributed by atoms with Crippen LogP contribution in [0, 0.1) is 0 Å². The SMILES string of the molecule is C/C(CC(C)(C)c1ccccc1)=N/NC(=O)c1cc2ccccc2cc1O. The van der Waals surface area contributed by atoms with Gasteiger partial charge in [0, 0.05) is 5.71 Å². The summed E-state index contributed by atoms with van der Waals surface area (Å²) < 4.78 is 0. The van der Waals surface area contributed by atoms with E-state index >= 15 is 0 Å². The quantitative estimate of drug-likeness (QED) is 0.496. The third-order valence-corrected chi connectivity index (χ3v) is 4.71. The van der Waals surface area contributed by atoms with Crippen molar-refractivity contribution in [3.63, 3.8) is 0 Å². The van der Waals surface area contributed by atoms with Gasteiger partial charge in [-0.3, -0.25) is 4.79 Å². The number of hydrazone groups is 1. The summed E-state index contributed by atoms with van der Waals surface area (Å²) in [4.78, 5) is 12.5. The number of benzene rings is 3. The van der Waals surface area contributed by atoms with Crippen LogP contribution in [0.5, 0.6) is 5.75 Å². The Morgan fingerprint density at radius 2 is 1.59 bits per heavy atom. The van der Waals surface area contributed by atoms with Gasteiger partial charge in [-0.25, -0.2) is 5.43 Å². The normalized spacial score (nSPS) is 12.2. The molecule has 27 heavy (non-hydrogen) atoms. The molecule has 4 heteroatoms. The fraction of sp³-hybridized carbons (Fsp3) is 0.217. The van der Waals surface area contributed by atoms with Crippen molar-refractivity contribution in [2.24, 2.45) is 5.10 Å². The zero-order chi connectivity index (χ0) is 19.4. The zero-order valence-corrected chi connectivity index (χ0v) is 15.9. The van der Waals surface area contributed by atoms with Gasteiger partial charge in [-0.2, -0.15) is 5.10 Å². The van der Waals surface area contributed by atoms with Crippen LogP contribution in [0.25, 0.3) is 10.8 Å². The molecule has 0 radical (unpaired) electrons. The Labute approximate surface area is 159 Å². The van der Waals surface area contributed by atoms with E-state index < -0.39 is 5.91 Å².